The van der Waals surface area contributed by atoms with Crippen molar-refractivity contribution in [3.63, 3.8) is 0 Å². The molecule has 0 bridgehead atoms. The minimum absolute atomic E-state index is 0.0890. The van der Waals surface area contributed by atoms with Crippen molar-refractivity contribution in [2.24, 2.45) is 0 Å². The average Bonchev–Trinajstić information content (AvgIpc) is 2.85. The number of carbonyl (C=O) groups is 1. The number of benzene rings is 1. The Morgan fingerprint density at radius 2 is 2.13 bits per heavy atom. The molecule has 0 spiro atoms. The van der Waals surface area contributed by atoms with Crippen LogP contribution in [0.15, 0.2) is 24.3 Å². The van der Waals surface area contributed by atoms with Crippen LogP contribution >= 0.6 is 24.2 Å². The molecule has 1 heterocycles. The molecule has 1 aromatic carbocycles. The van der Waals surface area contributed by atoms with Gasteiger partial charge in [-0.25, -0.2) is 13.6 Å². The maximum atomic E-state index is 13.7. The van der Waals surface area contributed by atoms with Gasteiger partial charge in [0.1, 0.15) is 0 Å². The van der Waals surface area contributed by atoms with Gasteiger partial charge >= 0.3 is 5.97 Å². The van der Waals surface area contributed by atoms with Crippen molar-refractivity contribution in [3.8, 4) is 10.4 Å². The fraction of sp³-hybridized carbons (Fsp3) is 0.312. The topological polar surface area (TPSA) is 46.5 Å². The van der Waals surface area contributed by atoms with Gasteiger partial charge in [-0.3, -0.25) is 0 Å². The molecule has 7 heteroatoms. The second-order valence-corrected chi connectivity index (χ2v) is 6.84. The normalized spacial score (nSPS) is 16.1. The molecule has 1 aromatic heterocycles. The van der Waals surface area contributed by atoms with Gasteiger partial charge in [0.25, 0.3) is 5.92 Å². The lowest BCUT2D eigenvalue weighted by atomic mass is 9.91. The highest BCUT2D eigenvalue weighted by atomic mass is 32.1. The van der Waals surface area contributed by atoms with Crippen LogP contribution in [-0.2, 0) is 23.6 Å². The minimum atomic E-state index is -2.77. The monoisotopic (exact) mass is 356 g/mol. The van der Waals surface area contributed by atoms with Crippen LogP contribution in [0, 0.1) is 0 Å². The molecule has 0 amide bonds. The van der Waals surface area contributed by atoms with Crippen molar-refractivity contribution in [1.82, 2.24) is 0 Å². The van der Waals surface area contributed by atoms with E-state index in [2.05, 4.69) is 12.9 Å². The van der Waals surface area contributed by atoms with Gasteiger partial charge in [0.2, 0.25) is 0 Å². The van der Waals surface area contributed by atoms with Crippen molar-refractivity contribution in [1.29, 1.82) is 0 Å². The van der Waals surface area contributed by atoms with Crippen molar-refractivity contribution in [2.75, 3.05) is 0 Å². The van der Waals surface area contributed by atoms with Gasteiger partial charge in [0, 0.05) is 22.6 Å². The lowest BCUT2D eigenvalue weighted by molar-refractivity contribution is -0.0113. The zero-order valence-electron chi connectivity index (χ0n) is 12.0. The average molecular weight is 356 g/mol. The fourth-order valence-corrected chi connectivity index (χ4v) is 4.52. The Morgan fingerprint density at radius 1 is 1.39 bits per heavy atom. The molecule has 0 unspecified atom stereocenters. The van der Waals surface area contributed by atoms with Crippen molar-refractivity contribution < 1.29 is 22.9 Å². The van der Waals surface area contributed by atoms with Crippen LogP contribution in [0.2, 0.25) is 0 Å². The maximum Gasteiger partial charge on any atom is 0.337 e. The number of carboxylic acids is 1. The Hall–Kier alpha value is -1.44. The summed E-state index contributed by atoms with van der Waals surface area (Å²) in [5.41, 5.74) is 2.16. The summed E-state index contributed by atoms with van der Waals surface area (Å²) in [4.78, 5) is 12.7. The molecule has 0 aliphatic heterocycles. The fourth-order valence-electron chi connectivity index (χ4n) is 2.90. The van der Waals surface area contributed by atoms with E-state index in [1.165, 1.54) is 0 Å². The summed E-state index contributed by atoms with van der Waals surface area (Å²) in [7, 11) is 0. The van der Waals surface area contributed by atoms with E-state index < -0.39 is 18.3 Å². The van der Waals surface area contributed by atoms with E-state index in [1.807, 2.05) is 12.1 Å². The number of rotatable bonds is 4. The molecule has 23 heavy (non-hydrogen) atoms. The number of fused-ring (bicyclic) bond motifs is 1. The van der Waals surface area contributed by atoms with E-state index in [0.717, 1.165) is 16.9 Å². The van der Waals surface area contributed by atoms with E-state index >= 15 is 0 Å². The number of hydrogen-bond donors (Lipinski definition) is 2. The smallest absolute Gasteiger partial charge is 0.337 e. The minimum Gasteiger partial charge on any atom is -0.478 e. The quantitative estimate of drug-likeness (QED) is 0.622. The van der Waals surface area contributed by atoms with Crippen LogP contribution in [0.1, 0.15) is 32.8 Å². The maximum absolute atomic E-state index is 13.7. The zero-order chi connectivity index (χ0) is 16.6. The third-order valence-electron chi connectivity index (χ3n) is 3.95. The first-order chi connectivity index (χ1) is 10.9. The number of halogens is 2. The molecule has 1 N–H and O–H groups in total. The first-order valence-electron chi connectivity index (χ1n) is 7.03. The van der Waals surface area contributed by atoms with Gasteiger partial charge in [-0.15, -0.1) is 11.3 Å². The molecule has 1 aliphatic carbocycles. The second-order valence-electron chi connectivity index (χ2n) is 5.48. The molecule has 0 radical (unpaired) electrons. The molecule has 0 saturated heterocycles. The molecule has 3 nitrogen and oxygen atoms in total. The molecular formula is C16H14F2O3S2. The summed E-state index contributed by atoms with van der Waals surface area (Å²) < 4.78 is 32.2. The van der Waals surface area contributed by atoms with Crippen LogP contribution in [-0.4, -0.2) is 17.0 Å². The molecule has 2 aromatic rings. The largest absolute Gasteiger partial charge is 0.478 e. The van der Waals surface area contributed by atoms with Gasteiger partial charge in [-0.2, -0.15) is 0 Å². The van der Waals surface area contributed by atoms with E-state index in [0.29, 0.717) is 20.9 Å². The van der Waals surface area contributed by atoms with Crippen LogP contribution in [0.25, 0.3) is 10.4 Å². The third-order valence-corrected chi connectivity index (χ3v) is 5.34. The third kappa shape index (κ3) is 3.13. The predicted molar refractivity (Wildman–Crippen MR) is 87.5 cm³/mol. The second kappa shape index (κ2) is 6.22. The number of carboxylic acid groups (broad SMARTS) is 1. The van der Waals surface area contributed by atoms with E-state index in [1.54, 1.807) is 12.1 Å². The lowest BCUT2D eigenvalue weighted by Crippen LogP contribution is -2.25. The number of thiophene rings is 1. The van der Waals surface area contributed by atoms with Crippen molar-refractivity contribution in [2.45, 2.75) is 31.8 Å². The SMILES string of the molecule is O=C(O)c1c(-c2ccccc2COS)sc2c1CCC(F)(F)C2. The van der Waals surface area contributed by atoms with Gasteiger partial charge in [-0.05, 0) is 36.0 Å². The molecule has 3 rings (SSSR count). The summed E-state index contributed by atoms with van der Waals surface area (Å²) >= 11 is 4.89. The van der Waals surface area contributed by atoms with Gasteiger partial charge in [0.15, 0.2) is 0 Å². The van der Waals surface area contributed by atoms with Crippen LogP contribution in [0.5, 0.6) is 0 Å². The van der Waals surface area contributed by atoms with E-state index in [-0.39, 0.29) is 25.0 Å². The Bertz CT molecular complexity index is 756. The van der Waals surface area contributed by atoms with Crippen LogP contribution in [0.4, 0.5) is 8.78 Å². The lowest BCUT2D eigenvalue weighted by Gasteiger charge is -2.21. The Balaban J connectivity index is 2.17. The summed E-state index contributed by atoms with van der Waals surface area (Å²) in [6, 6.07) is 7.19. The molecule has 0 atom stereocenters. The summed E-state index contributed by atoms with van der Waals surface area (Å²) in [6.07, 6.45) is -0.609. The molecule has 0 saturated carbocycles. The van der Waals surface area contributed by atoms with Crippen LogP contribution < -0.4 is 0 Å². The predicted octanol–water partition coefficient (Wildman–Crippen LogP) is 4.60. The summed E-state index contributed by atoms with van der Waals surface area (Å²) in [5.74, 6) is -3.84. The van der Waals surface area contributed by atoms with Crippen molar-refractivity contribution >= 4 is 30.2 Å². The molecular weight excluding hydrogens is 342 g/mol. The van der Waals surface area contributed by atoms with Gasteiger partial charge < -0.3 is 9.29 Å². The first-order valence-corrected chi connectivity index (χ1v) is 8.21. The van der Waals surface area contributed by atoms with Gasteiger partial charge in [-0.1, -0.05) is 24.3 Å². The Kier molecular flexibility index (Phi) is 4.44. The summed E-state index contributed by atoms with van der Waals surface area (Å²) in [6.45, 7) is 0.205. The molecule has 0 fully saturated rings. The zero-order valence-corrected chi connectivity index (χ0v) is 13.7. The van der Waals surface area contributed by atoms with Gasteiger partial charge in [0.05, 0.1) is 12.2 Å². The standard InChI is InChI=1S/C16H14F2O3S2/c17-16(18)6-5-11-12(7-16)23-14(13(11)15(19)20)10-4-2-1-3-9(10)8-21-22/h1-4,22H,5-8H2,(H,19,20). The Morgan fingerprint density at radius 3 is 2.83 bits per heavy atom. The number of aromatic carboxylic acids is 1. The summed E-state index contributed by atoms with van der Waals surface area (Å²) in [5, 5.41) is 9.60. The first kappa shape index (κ1) is 16.4. The number of hydrogen-bond acceptors (Lipinski definition) is 4. The molecule has 1 aliphatic rings. The molecule has 122 valence electrons. The highest BCUT2D eigenvalue weighted by Crippen LogP contribution is 2.45. The highest BCUT2D eigenvalue weighted by Gasteiger charge is 2.38. The number of thiol groups is 1. The van der Waals surface area contributed by atoms with E-state index in [4.69, 9.17) is 4.18 Å². The van der Waals surface area contributed by atoms with Crippen LogP contribution in [0.3, 0.4) is 0 Å². The number of alkyl halides is 2. The van der Waals surface area contributed by atoms with Crippen molar-refractivity contribution in [3.05, 3.63) is 45.8 Å². The van der Waals surface area contributed by atoms with E-state index in [9.17, 15) is 18.7 Å². The highest BCUT2D eigenvalue weighted by molar-refractivity contribution is 7.75. The Labute approximate surface area is 141 Å².